The number of carbonyl (C=O) groups is 1. The normalized spacial score (nSPS) is 18.3. The largest absolute Gasteiger partial charge is 0.295 e. The molecule has 0 amide bonds. The highest BCUT2D eigenvalue weighted by Gasteiger charge is 2.29. The molecule has 1 aliphatic rings. The van der Waals surface area contributed by atoms with Crippen LogP contribution in [-0.4, -0.2) is 10.8 Å². The Morgan fingerprint density at radius 2 is 2.00 bits per heavy atom. The van der Waals surface area contributed by atoms with Crippen molar-refractivity contribution >= 4 is 16.7 Å². The predicted molar refractivity (Wildman–Crippen MR) is 86.7 cm³/mol. The van der Waals surface area contributed by atoms with Crippen LogP contribution >= 0.6 is 0 Å². The highest BCUT2D eigenvalue weighted by atomic mass is 19.1. The first kappa shape index (κ1) is 15.1. The minimum Gasteiger partial charge on any atom is -0.295 e. The molecule has 1 aromatic carbocycles. The number of hydrogen-bond donors (Lipinski definition) is 0. The fraction of sp³-hybridized carbons (Fsp3) is 0.474. The number of rotatable bonds is 1. The first-order valence-electron chi connectivity index (χ1n) is 7.88. The van der Waals surface area contributed by atoms with Gasteiger partial charge in [0.05, 0.1) is 0 Å². The summed E-state index contributed by atoms with van der Waals surface area (Å²) in [6.45, 7) is 8.27. The quantitative estimate of drug-likeness (QED) is 0.713. The lowest BCUT2D eigenvalue weighted by Gasteiger charge is -2.34. The van der Waals surface area contributed by atoms with E-state index in [1.165, 1.54) is 18.6 Å². The van der Waals surface area contributed by atoms with Gasteiger partial charge >= 0.3 is 0 Å². The molecule has 3 rings (SSSR count). The Bertz CT molecular complexity index is 758. The number of carbonyl (C=O) groups excluding carboxylic acids is 1. The minimum atomic E-state index is -0.400. The summed E-state index contributed by atoms with van der Waals surface area (Å²) in [5.41, 5.74) is 3.29. The molecule has 116 valence electrons. The van der Waals surface area contributed by atoms with Gasteiger partial charge in [-0.3, -0.25) is 4.79 Å². The van der Waals surface area contributed by atoms with Gasteiger partial charge in [-0.25, -0.2) is 9.37 Å². The molecular weight excluding hydrogens is 277 g/mol. The summed E-state index contributed by atoms with van der Waals surface area (Å²) in [6.07, 6.45) is 2.98. The molecule has 0 N–H and O–H groups in total. The predicted octanol–water partition coefficient (Wildman–Crippen LogP) is 4.73. The highest BCUT2D eigenvalue weighted by molar-refractivity contribution is 5.98. The standard InChI is InChI=1S/C19H22FNO/c1-11(22)12-7-14-8-13-9-15(19(2,3)4)5-6-17(13)21-18(14)16(20)10-12/h7-8,10,15H,5-6,9H2,1-4H3/t15-/m0/s1. The van der Waals surface area contributed by atoms with E-state index in [4.69, 9.17) is 0 Å². The molecule has 1 aromatic heterocycles. The molecule has 0 fully saturated rings. The second-order valence-corrected chi connectivity index (χ2v) is 7.49. The van der Waals surface area contributed by atoms with Crippen molar-refractivity contribution in [2.24, 2.45) is 11.3 Å². The van der Waals surface area contributed by atoms with Crippen LogP contribution in [-0.2, 0) is 12.8 Å². The zero-order valence-electron chi connectivity index (χ0n) is 13.7. The number of ketones is 1. The molecule has 1 atom stereocenters. The molecule has 0 bridgehead atoms. The number of benzene rings is 1. The Kier molecular flexibility index (Phi) is 3.54. The van der Waals surface area contributed by atoms with Gasteiger partial charge in [0.2, 0.25) is 0 Å². The Hall–Kier alpha value is -1.77. The van der Waals surface area contributed by atoms with Crippen LogP contribution in [0.4, 0.5) is 4.39 Å². The number of pyridine rings is 1. The van der Waals surface area contributed by atoms with Crippen LogP contribution in [0.5, 0.6) is 0 Å². The van der Waals surface area contributed by atoms with E-state index in [1.807, 2.05) is 6.07 Å². The van der Waals surface area contributed by atoms with Crippen molar-refractivity contribution < 1.29 is 9.18 Å². The van der Waals surface area contributed by atoms with Gasteiger partial charge in [0.15, 0.2) is 5.78 Å². The van der Waals surface area contributed by atoms with Crippen molar-refractivity contribution in [3.05, 3.63) is 40.8 Å². The molecule has 0 unspecified atom stereocenters. The summed E-state index contributed by atoms with van der Waals surface area (Å²) in [5, 5.41) is 0.735. The SMILES string of the molecule is CC(=O)c1cc(F)c2nc3c(cc2c1)C[C@@H](C(C)(C)C)CC3. The van der Waals surface area contributed by atoms with Crippen LogP contribution in [0.3, 0.4) is 0 Å². The Labute approximate surface area is 130 Å². The number of aromatic nitrogens is 1. The van der Waals surface area contributed by atoms with Crippen molar-refractivity contribution in [3.8, 4) is 0 Å². The number of fused-ring (bicyclic) bond motifs is 2. The molecule has 0 aliphatic heterocycles. The third-order valence-electron chi connectivity index (χ3n) is 4.87. The van der Waals surface area contributed by atoms with E-state index in [0.717, 1.165) is 30.3 Å². The first-order chi connectivity index (χ1) is 10.3. The van der Waals surface area contributed by atoms with Crippen LogP contribution < -0.4 is 0 Å². The monoisotopic (exact) mass is 299 g/mol. The second kappa shape index (κ2) is 5.15. The molecule has 2 nitrogen and oxygen atoms in total. The summed E-state index contributed by atoms with van der Waals surface area (Å²) < 4.78 is 14.2. The van der Waals surface area contributed by atoms with Crippen LogP contribution in [0.25, 0.3) is 10.9 Å². The molecular formula is C19H22FNO. The highest BCUT2D eigenvalue weighted by Crippen LogP contribution is 2.37. The number of hydrogen-bond acceptors (Lipinski definition) is 2. The molecule has 0 saturated heterocycles. The fourth-order valence-corrected chi connectivity index (χ4v) is 3.34. The van der Waals surface area contributed by atoms with Crippen LogP contribution in [0, 0.1) is 17.2 Å². The van der Waals surface area contributed by atoms with Crippen molar-refractivity contribution in [3.63, 3.8) is 0 Å². The van der Waals surface area contributed by atoms with Crippen molar-refractivity contribution in [1.29, 1.82) is 0 Å². The Morgan fingerprint density at radius 3 is 2.64 bits per heavy atom. The minimum absolute atomic E-state index is 0.119. The fourth-order valence-electron chi connectivity index (χ4n) is 3.34. The maximum Gasteiger partial charge on any atom is 0.159 e. The maximum absolute atomic E-state index is 14.2. The van der Waals surface area contributed by atoms with Gasteiger partial charge in [-0.2, -0.15) is 0 Å². The van der Waals surface area contributed by atoms with Crippen molar-refractivity contribution in [2.45, 2.75) is 47.0 Å². The Balaban J connectivity index is 2.11. The maximum atomic E-state index is 14.2. The molecule has 0 spiro atoms. The molecule has 0 radical (unpaired) electrons. The van der Waals surface area contributed by atoms with E-state index < -0.39 is 5.82 Å². The topological polar surface area (TPSA) is 30.0 Å². The lowest BCUT2D eigenvalue weighted by molar-refractivity contribution is 0.101. The number of aryl methyl sites for hydroxylation is 1. The van der Waals surface area contributed by atoms with E-state index in [9.17, 15) is 9.18 Å². The van der Waals surface area contributed by atoms with Gasteiger partial charge in [-0.05, 0) is 61.3 Å². The average Bonchev–Trinajstić information content (AvgIpc) is 2.43. The van der Waals surface area contributed by atoms with Crippen LogP contribution in [0.2, 0.25) is 0 Å². The molecule has 3 heteroatoms. The number of nitrogens with zero attached hydrogens (tertiary/aromatic N) is 1. The summed E-state index contributed by atoms with van der Waals surface area (Å²) in [6, 6.07) is 5.09. The van der Waals surface area contributed by atoms with Crippen molar-refractivity contribution in [1.82, 2.24) is 4.98 Å². The van der Waals surface area contributed by atoms with E-state index >= 15 is 0 Å². The third-order valence-corrected chi connectivity index (χ3v) is 4.87. The summed E-state index contributed by atoms with van der Waals surface area (Å²) >= 11 is 0. The third kappa shape index (κ3) is 2.65. The van der Waals surface area contributed by atoms with Gasteiger partial charge in [0.1, 0.15) is 11.3 Å². The van der Waals surface area contributed by atoms with E-state index in [-0.39, 0.29) is 11.2 Å². The first-order valence-corrected chi connectivity index (χ1v) is 7.88. The Morgan fingerprint density at radius 1 is 1.27 bits per heavy atom. The lowest BCUT2D eigenvalue weighted by Crippen LogP contribution is -2.27. The lowest BCUT2D eigenvalue weighted by atomic mass is 9.71. The molecule has 2 aromatic rings. The zero-order chi connectivity index (χ0) is 16.1. The summed E-state index contributed by atoms with van der Waals surface area (Å²) in [4.78, 5) is 16.1. The summed E-state index contributed by atoms with van der Waals surface area (Å²) in [7, 11) is 0. The zero-order valence-corrected chi connectivity index (χ0v) is 13.7. The number of halogens is 1. The molecule has 22 heavy (non-hydrogen) atoms. The van der Waals surface area contributed by atoms with Crippen LogP contribution in [0.15, 0.2) is 18.2 Å². The molecule has 0 saturated carbocycles. The van der Waals surface area contributed by atoms with Gasteiger partial charge in [0.25, 0.3) is 0 Å². The van der Waals surface area contributed by atoms with Gasteiger partial charge in [-0.15, -0.1) is 0 Å². The van der Waals surface area contributed by atoms with E-state index in [2.05, 4.69) is 25.8 Å². The molecule has 1 heterocycles. The summed E-state index contributed by atoms with van der Waals surface area (Å²) in [5.74, 6) is 0.0922. The molecule has 1 aliphatic carbocycles. The second-order valence-electron chi connectivity index (χ2n) is 7.49. The average molecular weight is 299 g/mol. The van der Waals surface area contributed by atoms with Crippen LogP contribution in [0.1, 0.15) is 55.7 Å². The van der Waals surface area contributed by atoms with E-state index in [0.29, 0.717) is 17.0 Å². The van der Waals surface area contributed by atoms with E-state index in [1.54, 1.807) is 6.07 Å². The van der Waals surface area contributed by atoms with Crippen molar-refractivity contribution in [2.75, 3.05) is 0 Å². The van der Waals surface area contributed by atoms with Gasteiger partial charge < -0.3 is 0 Å². The smallest absolute Gasteiger partial charge is 0.159 e. The van der Waals surface area contributed by atoms with Gasteiger partial charge in [0, 0.05) is 16.6 Å². The van der Waals surface area contributed by atoms with Gasteiger partial charge in [-0.1, -0.05) is 20.8 Å². The number of Topliss-reactive ketones (excluding diaryl/α,β-unsaturated/α-hetero) is 1.